The molecule has 0 aliphatic carbocycles. The molecule has 1 aromatic heterocycles. The second-order valence-corrected chi connectivity index (χ2v) is 5.39. The van der Waals surface area contributed by atoms with E-state index < -0.39 is 0 Å². The first-order valence-electron chi connectivity index (χ1n) is 6.75. The maximum Gasteiger partial charge on any atom is 0.113 e. The molecular formula is C14H20N4. The van der Waals surface area contributed by atoms with E-state index in [9.17, 15) is 0 Å². The molecule has 4 nitrogen and oxygen atoms in total. The molecule has 3 rings (SSSR count). The minimum atomic E-state index is 0.734. The van der Waals surface area contributed by atoms with Crippen LogP contribution < -0.4 is 5.32 Å². The molecule has 96 valence electrons. The van der Waals surface area contributed by atoms with Crippen molar-refractivity contribution < 1.29 is 0 Å². The quantitative estimate of drug-likeness (QED) is 0.879. The first kappa shape index (κ1) is 11.7. The summed E-state index contributed by atoms with van der Waals surface area (Å²) in [6.07, 6.45) is 2.48. The third-order valence-electron chi connectivity index (χ3n) is 4.02. The smallest absolute Gasteiger partial charge is 0.113 e. The molecule has 0 spiro atoms. The van der Waals surface area contributed by atoms with Crippen molar-refractivity contribution in [1.29, 1.82) is 0 Å². The summed E-state index contributed by atoms with van der Waals surface area (Å²) in [5.74, 6) is 0.734. The highest BCUT2D eigenvalue weighted by Crippen LogP contribution is 2.20. The van der Waals surface area contributed by atoms with Crippen molar-refractivity contribution in [2.75, 3.05) is 13.1 Å². The molecule has 0 radical (unpaired) electrons. The molecule has 18 heavy (non-hydrogen) atoms. The van der Waals surface area contributed by atoms with E-state index in [0.29, 0.717) is 0 Å². The van der Waals surface area contributed by atoms with Gasteiger partial charge in [0.25, 0.3) is 0 Å². The number of aromatic nitrogens is 3. The van der Waals surface area contributed by atoms with Gasteiger partial charge in [-0.05, 0) is 69.0 Å². The Bertz CT molecular complexity index is 552. The van der Waals surface area contributed by atoms with E-state index in [-0.39, 0.29) is 0 Å². The van der Waals surface area contributed by atoms with Crippen LogP contribution in [0.25, 0.3) is 11.0 Å². The highest BCUT2D eigenvalue weighted by Gasteiger charge is 2.15. The molecule has 0 saturated carbocycles. The van der Waals surface area contributed by atoms with Crippen LogP contribution in [-0.2, 0) is 6.54 Å². The maximum atomic E-state index is 4.32. The largest absolute Gasteiger partial charge is 0.317 e. The van der Waals surface area contributed by atoms with Crippen molar-refractivity contribution in [3.05, 3.63) is 23.3 Å². The van der Waals surface area contributed by atoms with Crippen LogP contribution in [0.5, 0.6) is 0 Å². The standard InChI is InChI=1S/C14H20N4/c1-10-7-13-14(8-11(10)2)18(17-16-13)9-12-3-5-15-6-4-12/h7-8,12,15H,3-6,9H2,1-2H3. The summed E-state index contributed by atoms with van der Waals surface area (Å²) >= 11 is 0. The van der Waals surface area contributed by atoms with Crippen LogP contribution in [0, 0.1) is 19.8 Å². The minimum Gasteiger partial charge on any atom is -0.317 e. The normalized spacial score (nSPS) is 17.4. The number of aryl methyl sites for hydroxylation is 2. The summed E-state index contributed by atoms with van der Waals surface area (Å²) in [5, 5.41) is 12.0. The molecule has 1 N–H and O–H groups in total. The molecular weight excluding hydrogens is 224 g/mol. The molecule has 2 heterocycles. The molecule has 0 atom stereocenters. The van der Waals surface area contributed by atoms with Crippen LogP contribution >= 0.6 is 0 Å². The Hall–Kier alpha value is -1.42. The second-order valence-electron chi connectivity index (χ2n) is 5.39. The Kier molecular flexibility index (Phi) is 3.04. The van der Waals surface area contributed by atoms with E-state index >= 15 is 0 Å². The minimum absolute atomic E-state index is 0.734. The number of fused-ring (bicyclic) bond motifs is 1. The molecule has 4 heteroatoms. The van der Waals surface area contributed by atoms with Crippen LogP contribution in [0.4, 0.5) is 0 Å². The van der Waals surface area contributed by atoms with Gasteiger partial charge in [0.2, 0.25) is 0 Å². The lowest BCUT2D eigenvalue weighted by molar-refractivity contribution is 0.322. The third kappa shape index (κ3) is 2.12. The van der Waals surface area contributed by atoms with Gasteiger partial charge in [0.05, 0.1) is 5.52 Å². The van der Waals surface area contributed by atoms with Gasteiger partial charge in [0.1, 0.15) is 5.52 Å². The molecule has 1 saturated heterocycles. The Labute approximate surface area is 107 Å². The van der Waals surface area contributed by atoms with Crippen molar-refractivity contribution in [2.45, 2.75) is 33.2 Å². The van der Waals surface area contributed by atoms with E-state index in [1.165, 1.54) is 29.5 Å². The monoisotopic (exact) mass is 244 g/mol. The molecule has 2 aromatic rings. The summed E-state index contributed by atoms with van der Waals surface area (Å²) in [5.41, 5.74) is 4.80. The summed E-state index contributed by atoms with van der Waals surface area (Å²) < 4.78 is 2.08. The van der Waals surface area contributed by atoms with Crippen molar-refractivity contribution in [3.8, 4) is 0 Å². The van der Waals surface area contributed by atoms with Crippen LogP contribution in [0.15, 0.2) is 12.1 Å². The zero-order valence-electron chi connectivity index (χ0n) is 11.1. The van der Waals surface area contributed by atoms with Gasteiger partial charge < -0.3 is 5.32 Å². The zero-order valence-corrected chi connectivity index (χ0v) is 11.1. The number of piperidine rings is 1. The van der Waals surface area contributed by atoms with Crippen LogP contribution in [0.2, 0.25) is 0 Å². The maximum absolute atomic E-state index is 4.32. The van der Waals surface area contributed by atoms with Gasteiger partial charge in [-0.1, -0.05) is 5.21 Å². The van der Waals surface area contributed by atoms with Crippen LogP contribution in [0.1, 0.15) is 24.0 Å². The lowest BCUT2D eigenvalue weighted by atomic mass is 9.98. The van der Waals surface area contributed by atoms with E-state index in [1.807, 2.05) is 0 Å². The Morgan fingerprint density at radius 2 is 1.94 bits per heavy atom. The fourth-order valence-electron chi connectivity index (χ4n) is 2.67. The van der Waals surface area contributed by atoms with Gasteiger partial charge in [0, 0.05) is 6.54 Å². The molecule has 1 aliphatic heterocycles. The van der Waals surface area contributed by atoms with Crippen LogP contribution in [-0.4, -0.2) is 28.1 Å². The van der Waals surface area contributed by atoms with Gasteiger partial charge in [-0.15, -0.1) is 5.10 Å². The predicted molar refractivity (Wildman–Crippen MR) is 72.6 cm³/mol. The van der Waals surface area contributed by atoms with Crippen molar-refractivity contribution in [3.63, 3.8) is 0 Å². The number of rotatable bonds is 2. The lowest BCUT2D eigenvalue weighted by Crippen LogP contribution is -2.30. The highest BCUT2D eigenvalue weighted by molar-refractivity contribution is 5.76. The van der Waals surface area contributed by atoms with Gasteiger partial charge in [-0.3, -0.25) is 0 Å². The number of hydrogen-bond donors (Lipinski definition) is 1. The Morgan fingerprint density at radius 3 is 2.72 bits per heavy atom. The number of hydrogen-bond acceptors (Lipinski definition) is 3. The average molecular weight is 244 g/mol. The van der Waals surface area contributed by atoms with Crippen LogP contribution in [0.3, 0.4) is 0 Å². The molecule has 0 unspecified atom stereocenters. The van der Waals surface area contributed by atoms with Crippen molar-refractivity contribution in [2.24, 2.45) is 5.92 Å². The summed E-state index contributed by atoms with van der Waals surface area (Å²) in [6, 6.07) is 4.35. The number of nitrogens with one attached hydrogen (secondary N) is 1. The van der Waals surface area contributed by atoms with Gasteiger partial charge >= 0.3 is 0 Å². The molecule has 1 aromatic carbocycles. The van der Waals surface area contributed by atoms with E-state index in [1.54, 1.807) is 0 Å². The first-order valence-corrected chi connectivity index (χ1v) is 6.75. The van der Waals surface area contributed by atoms with E-state index in [0.717, 1.165) is 31.1 Å². The molecule has 1 aliphatic rings. The SMILES string of the molecule is Cc1cc2nnn(CC3CCNCC3)c2cc1C. The number of nitrogens with zero attached hydrogens (tertiary/aromatic N) is 3. The van der Waals surface area contributed by atoms with Gasteiger partial charge in [0.15, 0.2) is 0 Å². The topological polar surface area (TPSA) is 42.7 Å². The Balaban J connectivity index is 1.89. The fourth-order valence-corrected chi connectivity index (χ4v) is 2.67. The lowest BCUT2D eigenvalue weighted by Gasteiger charge is -2.22. The molecule has 1 fully saturated rings. The molecule has 0 amide bonds. The zero-order chi connectivity index (χ0) is 12.5. The summed E-state index contributed by atoms with van der Waals surface area (Å²) in [7, 11) is 0. The average Bonchev–Trinajstić information content (AvgIpc) is 2.74. The first-order chi connectivity index (χ1) is 8.74. The van der Waals surface area contributed by atoms with Crippen molar-refractivity contribution >= 4 is 11.0 Å². The predicted octanol–water partition coefficient (Wildman–Crippen LogP) is 2.05. The Morgan fingerprint density at radius 1 is 1.22 bits per heavy atom. The van der Waals surface area contributed by atoms with Gasteiger partial charge in [-0.2, -0.15) is 0 Å². The summed E-state index contributed by atoms with van der Waals surface area (Å²) in [4.78, 5) is 0. The fraction of sp³-hybridized carbons (Fsp3) is 0.571. The van der Waals surface area contributed by atoms with E-state index in [4.69, 9.17) is 0 Å². The van der Waals surface area contributed by atoms with Gasteiger partial charge in [-0.25, -0.2) is 4.68 Å². The molecule has 0 bridgehead atoms. The van der Waals surface area contributed by atoms with E-state index in [2.05, 4.69) is 46.3 Å². The second kappa shape index (κ2) is 4.69. The van der Waals surface area contributed by atoms with Crippen molar-refractivity contribution in [1.82, 2.24) is 20.3 Å². The third-order valence-corrected chi connectivity index (χ3v) is 4.02. The number of benzene rings is 1. The summed E-state index contributed by atoms with van der Waals surface area (Å²) in [6.45, 7) is 7.54. The highest BCUT2D eigenvalue weighted by atomic mass is 15.4.